The van der Waals surface area contributed by atoms with E-state index in [4.69, 9.17) is 4.74 Å². The summed E-state index contributed by atoms with van der Waals surface area (Å²) < 4.78 is 22.4. The van der Waals surface area contributed by atoms with Crippen molar-refractivity contribution in [2.45, 2.75) is 24.8 Å². The van der Waals surface area contributed by atoms with Crippen molar-refractivity contribution >= 4 is 17.5 Å². The highest BCUT2D eigenvalue weighted by Crippen LogP contribution is 2.46. The van der Waals surface area contributed by atoms with Crippen LogP contribution in [0.3, 0.4) is 0 Å². The predicted octanol–water partition coefficient (Wildman–Crippen LogP) is 3.25. The minimum absolute atomic E-state index is 0.275. The Balaban J connectivity index is 1.48. The second-order valence-corrected chi connectivity index (χ2v) is 7.80. The molecule has 7 nitrogen and oxygen atoms in total. The van der Waals surface area contributed by atoms with Crippen LogP contribution in [0.2, 0.25) is 0 Å². The van der Waals surface area contributed by atoms with Gasteiger partial charge in [-0.3, -0.25) is 0 Å². The van der Waals surface area contributed by atoms with Crippen molar-refractivity contribution in [2.75, 3.05) is 23.9 Å². The number of hydrogen-bond acceptors (Lipinski definition) is 6. The van der Waals surface area contributed by atoms with Gasteiger partial charge in [0.15, 0.2) is 11.6 Å². The molecule has 1 atom stereocenters. The fourth-order valence-electron chi connectivity index (χ4n) is 4.49. The fourth-order valence-corrected chi connectivity index (χ4v) is 4.49. The van der Waals surface area contributed by atoms with Gasteiger partial charge < -0.3 is 19.5 Å². The number of aromatic nitrogens is 4. The minimum Gasteiger partial charge on any atom is -0.486 e. The first-order chi connectivity index (χ1) is 13.7. The van der Waals surface area contributed by atoms with Gasteiger partial charge in [-0.25, -0.2) is 14.4 Å². The van der Waals surface area contributed by atoms with E-state index in [1.807, 2.05) is 12.3 Å². The molecular weight excluding hydrogens is 359 g/mol. The van der Waals surface area contributed by atoms with Crippen LogP contribution in [0.1, 0.15) is 24.5 Å². The van der Waals surface area contributed by atoms with Gasteiger partial charge in [-0.05, 0) is 37.0 Å². The van der Waals surface area contributed by atoms with Crippen LogP contribution < -0.4 is 15.0 Å². The molecule has 2 aromatic heterocycles. The quantitative estimate of drug-likeness (QED) is 0.648. The van der Waals surface area contributed by atoms with Gasteiger partial charge in [0.05, 0.1) is 29.9 Å². The Morgan fingerprint density at radius 1 is 1.25 bits per heavy atom. The molecule has 1 aliphatic carbocycles. The Bertz CT molecular complexity index is 1080. The van der Waals surface area contributed by atoms with E-state index in [2.05, 4.69) is 32.2 Å². The van der Waals surface area contributed by atoms with E-state index in [1.54, 1.807) is 23.2 Å². The van der Waals surface area contributed by atoms with Gasteiger partial charge in [0, 0.05) is 24.8 Å². The lowest BCUT2D eigenvalue weighted by Gasteiger charge is -2.45. The number of imidazole rings is 1. The number of rotatable bonds is 0. The minimum atomic E-state index is -0.328. The largest absolute Gasteiger partial charge is 0.486 e. The third-order valence-corrected chi connectivity index (χ3v) is 6.20. The molecule has 3 aromatic rings. The molecule has 8 heteroatoms. The van der Waals surface area contributed by atoms with Crippen LogP contribution in [0, 0.1) is 11.7 Å². The Labute approximate surface area is 161 Å². The second-order valence-electron chi connectivity index (χ2n) is 7.80. The van der Waals surface area contributed by atoms with Crippen molar-refractivity contribution in [3.8, 4) is 11.4 Å². The summed E-state index contributed by atoms with van der Waals surface area (Å²) in [4.78, 5) is 15.7. The van der Waals surface area contributed by atoms with Crippen LogP contribution in [0.15, 0.2) is 36.9 Å². The summed E-state index contributed by atoms with van der Waals surface area (Å²) in [5.74, 6) is 2.46. The molecule has 6 aliphatic rings. The third kappa shape index (κ3) is 2.30. The van der Waals surface area contributed by atoms with E-state index >= 15 is 0 Å². The molecular formula is C20H19FN6O. The van der Waals surface area contributed by atoms with E-state index < -0.39 is 0 Å². The summed E-state index contributed by atoms with van der Waals surface area (Å²) in [6.07, 6.45) is 7.41. The maximum absolute atomic E-state index is 14.7. The number of benzene rings is 1. The smallest absolute Gasteiger partial charge is 0.229 e. The number of halogens is 1. The normalized spacial score (nSPS) is 24.5. The second kappa shape index (κ2) is 5.67. The molecule has 0 spiro atoms. The van der Waals surface area contributed by atoms with Crippen LogP contribution in [0.25, 0.3) is 5.69 Å². The zero-order valence-corrected chi connectivity index (χ0v) is 15.3. The maximum Gasteiger partial charge on any atom is 0.229 e. The van der Waals surface area contributed by atoms with Crippen LogP contribution in [0.4, 0.5) is 21.8 Å². The maximum atomic E-state index is 14.7. The van der Waals surface area contributed by atoms with Gasteiger partial charge in [-0.1, -0.05) is 0 Å². The number of anilines is 3. The van der Waals surface area contributed by atoms with Crippen molar-refractivity contribution in [1.29, 1.82) is 0 Å². The Kier molecular flexibility index (Phi) is 3.21. The van der Waals surface area contributed by atoms with Gasteiger partial charge in [0.25, 0.3) is 0 Å². The number of ether oxygens (including phenoxy) is 1. The molecule has 0 saturated heterocycles. The molecule has 7 heterocycles. The fraction of sp³-hybridized carbons (Fsp3) is 0.350. The van der Waals surface area contributed by atoms with Gasteiger partial charge in [-0.2, -0.15) is 4.98 Å². The van der Waals surface area contributed by atoms with Crippen LogP contribution in [-0.2, 0) is 0 Å². The van der Waals surface area contributed by atoms with E-state index in [-0.39, 0.29) is 11.9 Å². The molecule has 28 heavy (non-hydrogen) atoms. The van der Waals surface area contributed by atoms with Crippen LogP contribution in [0.5, 0.6) is 5.75 Å². The number of hydrogen-bond donors (Lipinski definition) is 1. The molecule has 142 valence electrons. The summed E-state index contributed by atoms with van der Waals surface area (Å²) in [6, 6.07) is 5.28. The van der Waals surface area contributed by atoms with E-state index in [9.17, 15) is 4.39 Å². The van der Waals surface area contributed by atoms with Crippen molar-refractivity contribution in [3.63, 3.8) is 0 Å². The summed E-state index contributed by atoms with van der Waals surface area (Å²) in [6.45, 7) is 0.636. The Morgan fingerprint density at radius 2 is 2.14 bits per heavy atom. The molecule has 9 bridgehead atoms. The van der Waals surface area contributed by atoms with Gasteiger partial charge in [0.2, 0.25) is 5.95 Å². The highest BCUT2D eigenvalue weighted by molar-refractivity contribution is 5.61. The topological polar surface area (TPSA) is 68.1 Å². The van der Waals surface area contributed by atoms with Crippen molar-refractivity contribution in [1.82, 2.24) is 19.5 Å². The highest BCUT2D eigenvalue weighted by atomic mass is 19.1. The molecule has 1 fully saturated rings. The molecule has 1 N–H and O–H groups in total. The average molecular weight is 378 g/mol. The Hall–Kier alpha value is -3.16. The lowest BCUT2D eigenvalue weighted by Crippen LogP contribution is -2.49. The first kappa shape index (κ1) is 15.9. The first-order valence-corrected chi connectivity index (χ1v) is 9.49. The number of likely N-dealkylation sites (N-methyl/N-ethyl adjacent to an activating group) is 1. The van der Waals surface area contributed by atoms with Gasteiger partial charge in [-0.15, -0.1) is 0 Å². The standard InChI is InChI=1S/C20H19FN6O/c1-26-17-9-28-18-7-22-20(25-19(18)26)24-13-2-3-16(14(21)6-13)27-8-15(23-10-27)11-4-12(17)5-11/h2-3,6-8,10-12,17H,4-5,9H2,1H3,(H,22,24,25). The molecule has 0 radical (unpaired) electrons. The predicted molar refractivity (Wildman–Crippen MR) is 102 cm³/mol. The first-order valence-electron chi connectivity index (χ1n) is 9.49. The van der Waals surface area contributed by atoms with E-state index in [0.717, 1.165) is 24.4 Å². The van der Waals surface area contributed by atoms with E-state index in [0.29, 0.717) is 41.5 Å². The van der Waals surface area contributed by atoms with Crippen molar-refractivity contribution in [3.05, 3.63) is 48.4 Å². The van der Waals surface area contributed by atoms with Gasteiger partial charge >= 0.3 is 0 Å². The molecule has 1 aromatic carbocycles. The van der Waals surface area contributed by atoms with E-state index in [1.165, 1.54) is 6.07 Å². The zero-order valence-electron chi connectivity index (χ0n) is 15.3. The van der Waals surface area contributed by atoms with Crippen molar-refractivity contribution in [2.24, 2.45) is 5.92 Å². The molecule has 5 aliphatic heterocycles. The summed E-state index contributed by atoms with van der Waals surface area (Å²) >= 11 is 0. The van der Waals surface area contributed by atoms with Crippen LogP contribution in [-0.4, -0.2) is 39.2 Å². The molecule has 1 unspecified atom stereocenters. The Morgan fingerprint density at radius 3 is 3.00 bits per heavy atom. The monoisotopic (exact) mass is 378 g/mol. The SMILES string of the molecule is CN1c2nc3ncc2OCC1C1CC(C1)c1cn(cn1)-c1ccc(cc1F)N3. The van der Waals surface area contributed by atoms with Crippen molar-refractivity contribution < 1.29 is 9.13 Å². The average Bonchev–Trinajstić information content (AvgIpc) is 3.11. The molecule has 0 amide bonds. The third-order valence-electron chi connectivity index (χ3n) is 6.20. The lowest BCUT2D eigenvalue weighted by atomic mass is 9.69. The summed E-state index contributed by atoms with van der Waals surface area (Å²) in [5, 5.41) is 3.10. The number of nitrogens with zero attached hydrogens (tertiary/aromatic N) is 5. The highest BCUT2D eigenvalue weighted by Gasteiger charge is 2.41. The van der Waals surface area contributed by atoms with Gasteiger partial charge in [0.1, 0.15) is 12.4 Å². The lowest BCUT2D eigenvalue weighted by molar-refractivity contribution is 0.150. The molecule has 9 rings (SSSR count). The zero-order chi connectivity index (χ0) is 18.8. The summed E-state index contributed by atoms with van der Waals surface area (Å²) in [7, 11) is 2.06. The molecule has 1 saturated carbocycles. The number of nitrogens with one attached hydrogen (secondary N) is 1. The summed E-state index contributed by atoms with van der Waals surface area (Å²) in [5.41, 5.74) is 2.10. The van der Waals surface area contributed by atoms with Crippen LogP contribution >= 0.6 is 0 Å².